The van der Waals surface area contributed by atoms with E-state index in [4.69, 9.17) is 0 Å². The van der Waals surface area contributed by atoms with Crippen molar-refractivity contribution in [3.8, 4) is 0 Å². The molecule has 3 rings (SSSR count). The van der Waals surface area contributed by atoms with Gasteiger partial charge in [-0.2, -0.15) is 0 Å². The molecule has 1 saturated carbocycles. The molecule has 1 aliphatic heterocycles. The highest BCUT2D eigenvalue weighted by Gasteiger charge is 2.25. The van der Waals surface area contributed by atoms with Gasteiger partial charge < -0.3 is 10.2 Å². The Morgan fingerprint density at radius 1 is 1.26 bits per heavy atom. The lowest BCUT2D eigenvalue weighted by Gasteiger charge is -2.32. The predicted molar refractivity (Wildman–Crippen MR) is 103 cm³/mol. The molecule has 2 aliphatic rings. The number of rotatable bonds is 7. The Hall–Kier alpha value is -0.100. The molecular weight excluding hydrogens is 396 g/mol. The molecular formula is C17H26BrClN2OS. The molecule has 2 heterocycles. The van der Waals surface area contributed by atoms with E-state index in [9.17, 15) is 4.79 Å². The van der Waals surface area contributed by atoms with E-state index in [1.165, 1.54) is 28.0 Å². The van der Waals surface area contributed by atoms with Crippen LogP contribution in [0.5, 0.6) is 0 Å². The van der Waals surface area contributed by atoms with Crippen molar-refractivity contribution in [3.05, 3.63) is 20.8 Å². The largest absolute Gasteiger partial charge is 0.343 e. The highest BCUT2D eigenvalue weighted by atomic mass is 79.9. The van der Waals surface area contributed by atoms with E-state index >= 15 is 0 Å². The van der Waals surface area contributed by atoms with Crippen molar-refractivity contribution >= 4 is 45.6 Å². The Labute approximate surface area is 157 Å². The molecule has 0 unspecified atom stereocenters. The monoisotopic (exact) mass is 420 g/mol. The highest BCUT2D eigenvalue weighted by molar-refractivity contribution is 9.11. The number of halogens is 2. The summed E-state index contributed by atoms with van der Waals surface area (Å²) >= 11 is 5.26. The number of amides is 1. The number of piperidine rings is 1. The van der Waals surface area contributed by atoms with Crippen molar-refractivity contribution in [1.82, 2.24) is 10.2 Å². The summed E-state index contributed by atoms with van der Waals surface area (Å²) in [5.74, 6) is 1.29. The number of carbonyl (C=O) groups is 1. The minimum absolute atomic E-state index is 0. The second-order valence-corrected chi connectivity index (χ2v) is 9.11. The number of thiophene rings is 1. The molecule has 1 aromatic rings. The Morgan fingerprint density at radius 3 is 2.61 bits per heavy atom. The van der Waals surface area contributed by atoms with Crippen LogP contribution in [0.25, 0.3) is 0 Å². The zero-order chi connectivity index (χ0) is 15.4. The summed E-state index contributed by atoms with van der Waals surface area (Å²) in [5, 5.41) is 3.67. The van der Waals surface area contributed by atoms with Gasteiger partial charge in [0.15, 0.2) is 0 Å². The van der Waals surface area contributed by atoms with E-state index in [0.717, 1.165) is 44.7 Å². The Kier molecular flexibility index (Phi) is 7.86. The van der Waals surface area contributed by atoms with Gasteiger partial charge in [0.2, 0.25) is 5.91 Å². The molecule has 0 radical (unpaired) electrons. The lowest BCUT2D eigenvalue weighted by Crippen LogP contribution is -2.45. The molecule has 1 saturated heterocycles. The van der Waals surface area contributed by atoms with Gasteiger partial charge in [-0.05, 0) is 79.1 Å². The van der Waals surface area contributed by atoms with Crippen LogP contribution in [0, 0.1) is 5.92 Å². The average Bonchev–Trinajstić information content (AvgIpc) is 3.27. The fourth-order valence-corrected chi connectivity index (χ4v) is 4.57. The second-order valence-electron chi connectivity index (χ2n) is 6.57. The average molecular weight is 422 g/mol. The van der Waals surface area contributed by atoms with Crippen LogP contribution in [-0.4, -0.2) is 36.5 Å². The zero-order valence-electron chi connectivity index (χ0n) is 13.4. The summed E-state index contributed by atoms with van der Waals surface area (Å²) in [6.07, 6.45) is 7.73. The minimum atomic E-state index is 0. The van der Waals surface area contributed by atoms with Crippen molar-refractivity contribution in [2.75, 3.05) is 19.6 Å². The van der Waals surface area contributed by atoms with E-state index in [-0.39, 0.29) is 12.4 Å². The second kappa shape index (κ2) is 9.40. The van der Waals surface area contributed by atoms with Crippen molar-refractivity contribution in [2.45, 2.75) is 51.0 Å². The molecule has 0 bridgehead atoms. The number of hydrogen-bond acceptors (Lipinski definition) is 3. The third kappa shape index (κ3) is 6.37. The topological polar surface area (TPSA) is 32.3 Å². The van der Waals surface area contributed by atoms with Crippen LogP contribution in [0.15, 0.2) is 15.9 Å². The fourth-order valence-electron chi connectivity index (χ4n) is 3.05. The van der Waals surface area contributed by atoms with E-state index in [1.807, 2.05) is 0 Å². The van der Waals surface area contributed by atoms with Crippen molar-refractivity contribution in [1.29, 1.82) is 0 Å². The molecule has 3 nitrogen and oxygen atoms in total. The lowest BCUT2D eigenvalue weighted by molar-refractivity contribution is -0.132. The van der Waals surface area contributed by atoms with E-state index in [2.05, 4.69) is 38.3 Å². The Balaban J connectivity index is 0.00000192. The summed E-state index contributed by atoms with van der Waals surface area (Å²) in [7, 11) is 0. The fraction of sp³-hybridized carbons (Fsp3) is 0.706. The SMILES string of the molecule is Cl.O=C(CCCc1ccc(Br)s1)N1CCC(NCC2CC2)CC1. The van der Waals surface area contributed by atoms with Gasteiger partial charge in [0.05, 0.1) is 3.79 Å². The molecule has 130 valence electrons. The molecule has 0 atom stereocenters. The van der Waals surface area contributed by atoms with Crippen LogP contribution in [0.3, 0.4) is 0 Å². The van der Waals surface area contributed by atoms with E-state index in [0.29, 0.717) is 18.4 Å². The number of aryl methyl sites for hydroxylation is 1. The molecule has 0 aromatic carbocycles. The molecule has 1 aliphatic carbocycles. The van der Waals surface area contributed by atoms with Gasteiger partial charge in [-0.3, -0.25) is 4.79 Å². The van der Waals surface area contributed by atoms with Gasteiger partial charge in [0.25, 0.3) is 0 Å². The minimum Gasteiger partial charge on any atom is -0.343 e. The van der Waals surface area contributed by atoms with E-state index in [1.54, 1.807) is 11.3 Å². The summed E-state index contributed by atoms with van der Waals surface area (Å²) in [4.78, 5) is 15.7. The molecule has 1 N–H and O–H groups in total. The van der Waals surface area contributed by atoms with Crippen LogP contribution < -0.4 is 5.32 Å². The third-order valence-corrected chi connectivity index (χ3v) is 6.37. The van der Waals surface area contributed by atoms with Crippen LogP contribution in [0.4, 0.5) is 0 Å². The zero-order valence-corrected chi connectivity index (χ0v) is 16.6. The standard InChI is InChI=1S/C17H25BrN2OS.ClH/c18-16-7-6-15(22-16)2-1-3-17(21)20-10-8-14(9-11-20)19-12-13-4-5-13;/h6-7,13-14,19H,1-5,8-12H2;1H. The normalized spacial score (nSPS) is 18.7. The lowest BCUT2D eigenvalue weighted by atomic mass is 10.0. The maximum absolute atomic E-state index is 12.3. The smallest absolute Gasteiger partial charge is 0.222 e. The summed E-state index contributed by atoms with van der Waals surface area (Å²) < 4.78 is 1.18. The van der Waals surface area contributed by atoms with Gasteiger partial charge in [-0.1, -0.05) is 0 Å². The van der Waals surface area contributed by atoms with E-state index < -0.39 is 0 Å². The number of likely N-dealkylation sites (tertiary alicyclic amines) is 1. The van der Waals surface area contributed by atoms with Gasteiger partial charge >= 0.3 is 0 Å². The van der Waals surface area contributed by atoms with Crippen LogP contribution in [0.1, 0.15) is 43.4 Å². The Bertz CT molecular complexity index is 499. The first-order chi connectivity index (χ1) is 10.7. The molecule has 1 amide bonds. The first-order valence-corrected chi connectivity index (χ1v) is 10.1. The quantitative estimate of drug-likeness (QED) is 0.714. The third-order valence-electron chi connectivity index (χ3n) is 4.68. The van der Waals surface area contributed by atoms with Crippen LogP contribution in [-0.2, 0) is 11.2 Å². The molecule has 23 heavy (non-hydrogen) atoms. The Morgan fingerprint density at radius 2 is 2.00 bits per heavy atom. The van der Waals surface area contributed by atoms with Crippen LogP contribution in [0.2, 0.25) is 0 Å². The number of carbonyl (C=O) groups excluding carboxylic acids is 1. The first kappa shape index (κ1) is 19.2. The van der Waals surface area contributed by atoms with Crippen molar-refractivity contribution < 1.29 is 4.79 Å². The van der Waals surface area contributed by atoms with Gasteiger partial charge in [0.1, 0.15) is 0 Å². The summed E-state index contributed by atoms with van der Waals surface area (Å²) in [5.41, 5.74) is 0. The molecule has 2 fully saturated rings. The number of nitrogens with zero attached hydrogens (tertiary/aromatic N) is 1. The maximum Gasteiger partial charge on any atom is 0.222 e. The number of nitrogens with one attached hydrogen (secondary N) is 1. The first-order valence-electron chi connectivity index (χ1n) is 8.46. The summed E-state index contributed by atoms with van der Waals surface area (Å²) in [6, 6.07) is 4.87. The number of hydrogen-bond donors (Lipinski definition) is 1. The van der Waals surface area contributed by atoms with Crippen molar-refractivity contribution in [2.24, 2.45) is 5.92 Å². The molecule has 6 heteroatoms. The van der Waals surface area contributed by atoms with Crippen LogP contribution >= 0.6 is 39.7 Å². The van der Waals surface area contributed by atoms with Crippen molar-refractivity contribution in [3.63, 3.8) is 0 Å². The predicted octanol–water partition coefficient (Wildman–Crippen LogP) is 4.25. The molecule has 0 spiro atoms. The van der Waals surface area contributed by atoms with Gasteiger partial charge in [-0.25, -0.2) is 0 Å². The van der Waals surface area contributed by atoms with Gasteiger partial charge in [0, 0.05) is 30.4 Å². The molecule has 1 aromatic heterocycles. The highest BCUT2D eigenvalue weighted by Crippen LogP contribution is 2.28. The summed E-state index contributed by atoms with van der Waals surface area (Å²) in [6.45, 7) is 3.06. The maximum atomic E-state index is 12.3. The van der Waals surface area contributed by atoms with Gasteiger partial charge in [-0.15, -0.1) is 23.7 Å².